The Bertz CT molecular complexity index is 699. The Hall–Kier alpha value is -2.44. The Balaban J connectivity index is 0.000000552. The standard InChI is InChI=1S/C21H22P.C2H4O2/c1-18(2)22(19-12-6-3-7-13-19,20-14-8-4-9-15-20)21-16-10-5-11-17-21;1-2(3)4/h3-18H,1-2H3;1H3,(H,3,4)/q+1;/p-1. The van der Waals surface area contributed by atoms with E-state index in [0.29, 0.717) is 5.66 Å². The maximum atomic E-state index is 8.89. The lowest BCUT2D eigenvalue weighted by atomic mass is 10.3. The second-order valence-corrected chi connectivity index (χ2v) is 10.3. The first kappa shape index (κ1) is 19.9. The fourth-order valence-electron chi connectivity index (χ4n) is 3.33. The summed E-state index contributed by atoms with van der Waals surface area (Å²) in [5, 5.41) is 13.3. The molecule has 3 heteroatoms. The van der Waals surface area contributed by atoms with Gasteiger partial charge in [0.1, 0.15) is 23.2 Å². The van der Waals surface area contributed by atoms with E-state index in [1.807, 2.05) is 0 Å². The van der Waals surface area contributed by atoms with Gasteiger partial charge in [0, 0.05) is 5.97 Å². The molecule has 3 aromatic rings. The topological polar surface area (TPSA) is 40.1 Å². The smallest absolute Gasteiger partial charge is 0.114 e. The number of hydrogen-bond donors (Lipinski definition) is 0. The second kappa shape index (κ2) is 9.31. The molecule has 0 aromatic heterocycles. The molecule has 0 N–H and O–H groups in total. The lowest BCUT2D eigenvalue weighted by Crippen LogP contribution is -2.36. The zero-order chi connectivity index (χ0) is 19.0. The lowest BCUT2D eigenvalue weighted by molar-refractivity contribution is -0.302. The van der Waals surface area contributed by atoms with E-state index >= 15 is 0 Å². The summed E-state index contributed by atoms with van der Waals surface area (Å²) in [6.45, 7) is 5.70. The second-order valence-electron chi connectivity index (χ2n) is 6.31. The highest BCUT2D eigenvalue weighted by atomic mass is 31.2. The monoisotopic (exact) mass is 364 g/mol. The van der Waals surface area contributed by atoms with Gasteiger partial charge >= 0.3 is 0 Å². The van der Waals surface area contributed by atoms with Crippen LogP contribution in [0, 0.1) is 0 Å². The van der Waals surface area contributed by atoms with Crippen molar-refractivity contribution in [3.8, 4) is 0 Å². The molecule has 0 aliphatic carbocycles. The van der Waals surface area contributed by atoms with Crippen LogP contribution in [0.5, 0.6) is 0 Å². The highest BCUT2D eigenvalue weighted by Crippen LogP contribution is 2.59. The van der Waals surface area contributed by atoms with Crippen LogP contribution in [-0.4, -0.2) is 11.6 Å². The molecule has 2 nitrogen and oxygen atoms in total. The summed E-state index contributed by atoms with van der Waals surface area (Å²) in [4.78, 5) is 8.89. The molecule has 0 bridgehead atoms. The molecule has 0 spiro atoms. The zero-order valence-electron chi connectivity index (χ0n) is 15.5. The lowest BCUT2D eigenvalue weighted by Gasteiger charge is -2.31. The maximum absolute atomic E-state index is 8.89. The van der Waals surface area contributed by atoms with E-state index in [1.54, 1.807) is 0 Å². The van der Waals surface area contributed by atoms with Gasteiger partial charge in [0.05, 0.1) is 5.66 Å². The van der Waals surface area contributed by atoms with Crippen molar-refractivity contribution in [1.82, 2.24) is 0 Å². The Labute approximate surface area is 156 Å². The first-order valence-corrected chi connectivity index (χ1v) is 10.6. The van der Waals surface area contributed by atoms with Crippen molar-refractivity contribution in [1.29, 1.82) is 0 Å². The third-order valence-corrected chi connectivity index (χ3v) is 9.15. The number of aliphatic carboxylic acids is 1. The number of carboxylic acid groups (broad SMARTS) is 1. The highest BCUT2D eigenvalue weighted by molar-refractivity contribution is 7.96. The van der Waals surface area contributed by atoms with Gasteiger partial charge < -0.3 is 9.90 Å². The molecule has 0 fully saturated rings. The molecule has 0 saturated carbocycles. The van der Waals surface area contributed by atoms with Crippen molar-refractivity contribution in [2.24, 2.45) is 0 Å². The third kappa shape index (κ3) is 4.39. The van der Waals surface area contributed by atoms with Crippen LogP contribution in [0.15, 0.2) is 91.0 Å². The normalized spacial score (nSPS) is 10.8. The van der Waals surface area contributed by atoms with Crippen LogP contribution in [0.1, 0.15) is 20.8 Å². The van der Waals surface area contributed by atoms with E-state index < -0.39 is 13.2 Å². The average molecular weight is 364 g/mol. The van der Waals surface area contributed by atoms with E-state index in [1.165, 1.54) is 15.9 Å². The van der Waals surface area contributed by atoms with Crippen molar-refractivity contribution in [2.75, 3.05) is 0 Å². The number of carboxylic acids is 1. The molecule has 0 aliphatic heterocycles. The molecule has 0 atom stereocenters. The Morgan fingerprint density at radius 2 is 0.923 bits per heavy atom. The van der Waals surface area contributed by atoms with Gasteiger partial charge in [-0.1, -0.05) is 54.6 Å². The molecule has 0 amide bonds. The van der Waals surface area contributed by atoms with Gasteiger partial charge in [0.25, 0.3) is 0 Å². The average Bonchev–Trinajstić information content (AvgIpc) is 2.64. The molecule has 0 heterocycles. The van der Waals surface area contributed by atoms with Crippen LogP contribution in [0.2, 0.25) is 0 Å². The summed E-state index contributed by atoms with van der Waals surface area (Å²) in [5.74, 6) is -1.08. The van der Waals surface area contributed by atoms with Gasteiger partial charge in [-0.2, -0.15) is 0 Å². The minimum atomic E-state index is -1.63. The quantitative estimate of drug-likeness (QED) is 0.667. The number of benzene rings is 3. The molecule has 134 valence electrons. The van der Waals surface area contributed by atoms with Crippen LogP contribution < -0.4 is 21.0 Å². The number of carbonyl (C=O) groups excluding carboxylic acids is 1. The minimum absolute atomic E-state index is 0.555. The van der Waals surface area contributed by atoms with Gasteiger partial charge in [-0.15, -0.1) is 0 Å². The molecular formula is C23H25O2P. The number of carbonyl (C=O) groups is 1. The van der Waals surface area contributed by atoms with E-state index in [4.69, 9.17) is 9.90 Å². The van der Waals surface area contributed by atoms with Crippen molar-refractivity contribution in [3.05, 3.63) is 91.0 Å². The van der Waals surface area contributed by atoms with Crippen molar-refractivity contribution in [3.63, 3.8) is 0 Å². The van der Waals surface area contributed by atoms with Crippen LogP contribution in [0.3, 0.4) is 0 Å². The van der Waals surface area contributed by atoms with Crippen molar-refractivity contribution < 1.29 is 9.90 Å². The molecule has 0 aliphatic rings. The zero-order valence-corrected chi connectivity index (χ0v) is 16.4. The van der Waals surface area contributed by atoms with Gasteiger partial charge in [-0.3, -0.25) is 0 Å². The van der Waals surface area contributed by atoms with Crippen LogP contribution >= 0.6 is 7.26 Å². The van der Waals surface area contributed by atoms with E-state index in [2.05, 4.69) is 105 Å². The first-order valence-electron chi connectivity index (χ1n) is 8.72. The number of rotatable bonds is 4. The van der Waals surface area contributed by atoms with Gasteiger partial charge in [-0.05, 0) is 57.2 Å². The van der Waals surface area contributed by atoms with Crippen LogP contribution in [0.25, 0.3) is 0 Å². The highest BCUT2D eigenvalue weighted by Gasteiger charge is 2.48. The predicted molar refractivity (Wildman–Crippen MR) is 111 cm³/mol. The van der Waals surface area contributed by atoms with Crippen molar-refractivity contribution in [2.45, 2.75) is 26.4 Å². The van der Waals surface area contributed by atoms with E-state index in [0.717, 1.165) is 6.92 Å². The Morgan fingerprint density at radius 1 is 0.692 bits per heavy atom. The summed E-state index contributed by atoms with van der Waals surface area (Å²) in [5.41, 5.74) is 0.555. The summed E-state index contributed by atoms with van der Waals surface area (Å²) >= 11 is 0. The molecule has 3 aromatic carbocycles. The van der Waals surface area contributed by atoms with Crippen LogP contribution in [-0.2, 0) is 4.79 Å². The van der Waals surface area contributed by atoms with Gasteiger partial charge in [-0.25, -0.2) is 0 Å². The summed E-state index contributed by atoms with van der Waals surface area (Å²) < 4.78 is 0. The third-order valence-electron chi connectivity index (χ3n) is 4.26. The molecule has 0 radical (unpaired) electrons. The summed E-state index contributed by atoms with van der Waals surface area (Å²) in [6, 6.07) is 33.1. The fourth-order valence-corrected chi connectivity index (χ4v) is 7.94. The largest absolute Gasteiger partial charge is 0.550 e. The maximum Gasteiger partial charge on any atom is 0.114 e. The van der Waals surface area contributed by atoms with Crippen LogP contribution in [0.4, 0.5) is 0 Å². The van der Waals surface area contributed by atoms with Gasteiger partial charge in [0.15, 0.2) is 0 Å². The van der Waals surface area contributed by atoms with E-state index in [9.17, 15) is 0 Å². The summed E-state index contributed by atoms with van der Waals surface area (Å²) in [7, 11) is -1.63. The molecule has 0 unspecified atom stereocenters. The Kier molecular flexibility index (Phi) is 7.12. The fraction of sp³-hybridized carbons (Fsp3) is 0.174. The SMILES string of the molecule is CC(=O)[O-].CC(C)[P+](c1ccccc1)(c1ccccc1)c1ccccc1. The molecular weight excluding hydrogens is 339 g/mol. The summed E-state index contributed by atoms with van der Waals surface area (Å²) in [6.07, 6.45) is 0. The first-order chi connectivity index (χ1) is 12.5. The number of hydrogen-bond acceptors (Lipinski definition) is 2. The minimum Gasteiger partial charge on any atom is -0.550 e. The van der Waals surface area contributed by atoms with Gasteiger partial charge in [0.2, 0.25) is 0 Å². The molecule has 26 heavy (non-hydrogen) atoms. The van der Waals surface area contributed by atoms with Crippen molar-refractivity contribution >= 4 is 29.1 Å². The molecule has 0 saturated heterocycles. The molecule has 3 rings (SSSR count). The Morgan fingerprint density at radius 3 is 1.12 bits per heavy atom. The predicted octanol–water partition coefficient (Wildman–Crippen LogP) is 3.15. The van der Waals surface area contributed by atoms with E-state index in [-0.39, 0.29) is 0 Å².